The lowest BCUT2D eigenvalue weighted by molar-refractivity contribution is -0.134. The molecule has 0 saturated carbocycles. The second kappa shape index (κ2) is 5.76. The Hall–Kier alpha value is -1.00. The van der Waals surface area contributed by atoms with Gasteiger partial charge in [0.25, 0.3) is 5.91 Å². The molecular formula is C14H19NO2S. The van der Waals surface area contributed by atoms with E-state index >= 15 is 0 Å². The molecule has 0 spiro atoms. The van der Waals surface area contributed by atoms with Crippen LogP contribution in [0.3, 0.4) is 0 Å². The fourth-order valence-electron chi connectivity index (χ4n) is 2.01. The van der Waals surface area contributed by atoms with E-state index in [4.69, 9.17) is 0 Å². The first-order valence-electron chi connectivity index (χ1n) is 6.34. The first kappa shape index (κ1) is 13.4. The van der Waals surface area contributed by atoms with Crippen molar-refractivity contribution in [2.45, 2.75) is 31.8 Å². The van der Waals surface area contributed by atoms with Gasteiger partial charge in [-0.3, -0.25) is 4.79 Å². The number of nitrogens with one attached hydrogen (secondary N) is 1. The Kier molecular flexibility index (Phi) is 4.30. The molecule has 0 atom stereocenters. The normalized spacial score (nSPS) is 18.3. The van der Waals surface area contributed by atoms with Crippen LogP contribution in [0.15, 0.2) is 24.3 Å². The number of benzene rings is 1. The molecule has 1 aliphatic rings. The zero-order valence-corrected chi connectivity index (χ0v) is 11.4. The molecule has 4 heteroatoms. The Morgan fingerprint density at radius 3 is 2.50 bits per heavy atom. The maximum atomic E-state index is 12.1. The summed E-state index contributed by atoms with van der Waals surface area (Å²) in [6.45, 7) is 2.09. The van der Waals surface area contributed by atoms with Crippen LogP contribution in [-0.4, -0.2) is 28.1 Å². The summed E-state index contributed by atoms with van der Waals surface area (Å²) in [5.74, 6) is 1.42. The first-order valence-corrected chi connectivity index (χ1v) is 7.50. The van der Waals surface area contributed by atoms with E-state index in [1.54, 1.807) is 11.8 Å². The van der Waals surface area contributed by atoms with Crippen molar-refractivity contribution in [2.24, 2.45) is 0 Å². The molecule has 1 fully saturated rings. The van der Waals surface area contributed by atoms with Gasteiger partial charge in [0.2, 0.25) is 0 Å². The maximum absolute atomic E-state index is 12.1. The van der Waals surface area contributed by atoms with Gasteiger partial charge in [-0.1, -0.05) is 19.1 Å². The van der Waals surface area contributed by atoms with E-state index in [1.807, 2.05) is 24.3 Å². The largest absolute Gasteiger partial charge is 0.380 e. The van der Waals surface area contributed by atoms with E-state index in [2.05, 4.69) is 12.2 Å². The second-order valence-electron chi connectivity index (χ2n) is 4.65. The lowest BCUT2D eigenvalue weighted by Gasteiger charge is -2.30. The van der Waals surface area contributed by atoms with Crippen molar-refractivity contribution in [3.8, 4) is 0 Å². The van der Waals surface area contributed by atoms with Crippen molar-refractivity contribution in [3.05, 3.63) is 29.8 Å². The van der Waals surface area contributed by atoms with Crippen LogP contribution in [0.1, 0.15) is 25.3 Å². The van der Waals surface area contributed by atoms with Gasteiger partial charge in [-0.2, -0.15) is 11.8 Å². The Morgan fingerprint density at radius 2 is 1.94 bits per heavy atom. The second-order valence-corrected chi connectivity index (χ2v) is 5.87. The number of hydrogen-bond donors (Lipinski definition) is 2. The molecule has 1 aromatic carbocycles. The highest BCUT2D eigenvalue weighted by Crippen LogP contribution is 2.28. The quantitative estimate of drug-likeness (QED) is 0.882. The Morgan fingerprint density at radius 1 is 1.33 bits per heavy atom. The number of amides is 1. The number of hydrogen-bond acceptors (Lipinski definition) is 3. The summed E-state index contributed by atoms with van der Waals surface area (Å²) in [6, 6.07) is 7.77. The average molecular weight is 265 g/mol. The first-order chi connectivity index (χ1) is 8.64. The van der Waals surface area contributed by atoms with E-state index in [0.29, 0.717) is 12.8 Å². The molecule has 1 aliphatic heterocycles. The van der Waals surface area contributed by atoms with Crippen LogP contribution in [0, 0.1) is 0 Å². The molecule has 1 amide bonds. The van der Waals surface area contributed by atoms with Gasteiger partial charge in [-0.15, -0.1) is 0 Å². The van der Waals surface area contributed by atoms with Crippen molar-refractivity contribution in [1.29, 1.82) is 0 Å². The molecule has 1 saturated heterocycles. The van der Waals surface area contributed by atoms with Gasteiger partial charge in [0.15, 0.2) is 0 Å². The van der Waals surface area contributed by atoms with Gasteiger partial charge < -0.3 is 10.4 Å². The summed E-state index contributed by atoms with van der Waals surface area (Å²) in [7, 11) is 0. The van der Waals surface area contributed by atoms with E-state index in [9.17, 15) is 9.90 Å². The number of thioether (sulfide) groups is 1. The Labute approximate surface area is 112 Å². The fraction of sp³-hybridized carbons (Fsp3) is 0.500. The molecule has 1 aromatic rings. The molecule has 18 heavy (non-hydrogen) atoms. The molecule has 2 N–H and O–H groups in total. The Bertz CT molecular complexity index is 410. The highest BCUT2D eigenvalue weighted by Gasteiger charge is 2.37. The summed E-state index contributed by atoms with van der Waals surface area (Å²) >= 11 is 1.79. The standard InChI is InChI=1S/C14H19NO2S/c1-2-11-3-5-12(6-4-11)15-13(16)14(17)7-9-18-10-8-14/h3-6,17H,2,7-10H2,1H3,(H,15,16). The fourth-order valence-corrected chi connectivity index (χ4v) is 3.18. The van der Waals surface area contributed by atoms with Gasteiger partial charge in [0, 0.05) is 5.69 Å². The molecule has 2 rings (SSSR count). The molecule has 0 aliphatic carbocycles. The number of rotatable bonds is 3. The minimum atomic E-state index is -1.19. The molecule has 0 bridgehead atoms. The number of aliphatic hydroxyl groups is 1. The summed E-state index contributed by atoms with van der Waals surface area (Å²) in [5, 5.41) is 13.1. The molecule has 98 valence electrons. The van der Waals surface area contributed by atoms with Crippen molar-refractivity contribution < 1.29 is 9.90 Å². The van der Waals surface area contributed by atoms with Crippen LogP contribution in [0.4, 0.5) is 5.69 Å². The predicted octanol–water partition coefficient (Wildman–Crippen LogP) is 2.45. The zero-order chi connectivity index (χ0) is 13.0. The SMILES string of the molecule is CCc1ccc(NC(=O)C2(O)CCSCC2)cc1. The molecule has 1 heterocycles. The smallest absolute Gasteiger partial charge is 0.256 e. The lowest BCUT2D eigenvalue weighted by Crippen LogP contribution is -2.45. The highest BCUT2D eigenvalue weighted by molar-refractivity contribution is 7.99. The van der Waals surface area contributed by atoms with Crippen LogP contribution in [-0.2, 0) is 11.2 Å². The third-order valence-corrected chi connectivity index (χ3v) is 4.35. The predicted molar refractivity (Wildman–Crippen MR) is 76.0 cm³/mol. The maximum Gasteiger partial charge on any atom is 0.256 e. The monoisotopic (exact) mass is 265 g/mol. The van der Waals surface area contributed by atoms with Crippen LogP contribution < -0.4 is 5.32 Å². The third-order valence-electron chi connectivity index (χ3n) is 3.36. The average Bonchev–Trinajstić information content (AvgIpc) is 2.40. The van der Waals surface area contributed by atoms with Gasteiger partial charge in [0.05, 0.1) is 0 Å². The molecular weight excluding hydrogens is 246 g/mol. The van der Waals surface area contributed by atoms with Crippen LogP contribution >= 0.6 is 11.8 Å². The van der Waals surface area contributed by atoms with Crippen molar-refractivity contribution in [3.63, 3.8) is 0 Å². The highest BCUT2D eigenvalue weighted by atomic mass is 32.2. The number of anilines is 1. The van der Waals surface area contributed by atoms with E-state index in [0.717, 1.165) is 23.6 Å². The zero-order valence-electron chi connectivity index (χ0n) is 10.6. The van der Waals surface area contributed by atoms with Gasteiger partial charge >= 0.3 is 0 Å². The number of aryl methyl sites for hydroxylation is 1. The van der Waals surface area contributed by atoms with Crippen LogP contribution in [0.25, 0.3) is 0 Å². The topological polar surface area (TPSA) is 49.3 Å². The minimum absolute atomic E-state index is 0.271. The van der Waals surface area contributed by atoms with Crippen molar-refractivity contribution >= 4 is 23.4 Å². The summed E-state index contributed by atoms with van der Waals surface area (Å²) in [6.07, 6.45) is 2.06. The lowest BCUT2D eigenvalue weighted by atomic mass is 9.95. The van der Waals surface area contributed by atoms with Gasteiger partial charge in [0.1, 0.15) is 5.60 Å². The summed E-state index contributed by atoms with van der Waals surface area (Å²) < 4.78 is 0. The molecule has 0 unspecified atom stereocenters. The number of carbonyl (C=O) groups is 1. The number of carbonyl (C=O) groups excluding carboxylic acids is 1. The summed E-state index contributed by atoms with van der Waals surface area (Å²) in [4.78, 5) is 12.1. The van der Waals surface area contributed by atoms with E-state index < -0.39 is 5.60 Å². The van der Waals surface area contributed by atoms with Crippen LogP contribution in [0.5, 0.6) is 0 Å². The van der Waals surface area contributed by atoms with Gasteiger partial charge in [-0.05, 0) is 48.5 Å². The van der Waals surface area contributed by atoms with Crippen molar-refractivity contribution in [1.82, 2.24) is 0 Å². The van der Waals surface area contributed by atoms with Gasteiger partial charge in [-0.25, -0.2) is 0 Å². The Balaban J connectivity index is 2.01. The van der Waals surface area contributed by atoms with Crippen molar-refractivity contribution in [2.75, 3.05) is 16.8 Å². The molecule has 3 nitrogen and oxygen atoms in total. The molecule has 0 aromatic heterocycles. The van der Waals surface area contributed by atoms with E-state index in [1.165, 1.54) is 5.56 Å². The van der Waals surface area contributed by atoms with Crippen LogP contribution in [0.2, 0.25) is 0 Å². The summed E-state index contributed by atoms with van der Waals surface area (Å²) in [5.41, 5.74) is 0.805. The minimum Gasteiger partial charge on any atom is -0.380 e. The third kappa shape index (κ3) is 3.06. The van der Waals surface area contributed by atoms with E-state index in [-0.39, 0.29) is 5.91 Å². The molecule has 0 radical (unpaired) electrons.